The predicted octanol–water partition coefficient (Wildman–Crippen LogP) is -3.62. The lowest BCUT2D eigenvalue weighted by molar-refractivity contribution is -0.362. The molecule has 12 N–H and O–H groups in total. The van der Waals surface area contributed by atoms with Crippen LogP contribution in [-0.4, -0.2) is 243 Å². The summed E-state index contributed by atoms with van der Waals surface area (Å²) in [6.07, 6.45) is -16.4. The Labute approximate surface area is 463 Å². The van der Waals surface area contributed by atoms with E-state index in [1.165, 1.54) is 38.5 Å². The number of nitrogens with one attached hydrogen (secondary N) is 4. The molecule has 0 aliphatic carbocycles. The Morgan fingerprint density at radius 1 is 0.562 bits per heavy atom. The van der Waals surface area contributed by atoms with Crippen LogP contribution < -0.4 is 26.0 Å². The van der Waals surface area contributed by atoms with Gasteiger partial charge < -0.3 is 105 Å². The standard InChI is InChI=1S/C50H80N4O25S/c1-7-8-9-10-11-12-13-14-15-20-71-29-18-16-28(17-19-29)46(66)54-34-39(62)38(61)30(21-55)73-48(34)77-43-31(22-56)74-49(36(41(43)64)52-26(3)59)78-44-32(23-57)75-50(37(42(44)65)53-27(4)60)79-45-33(24-72-80(67,68)70-6)76-47(69-5)35(40(45)63)51-25(2)58/h12-13,16-19,30-45,47-50,55-57,61-65H,7-11,14-15,20-24H2,1-6H3,(H,51,58)(H,52,59)(H,53,60)(H,54,66)/b13-12-. The number of methoxy groups -OCH3 is 1. The summed E-state index contributed by atoms with van der Waals surface area (Å²) in [5, 5.41) is 99.4. The van der Waals surface area contributed by atoms with Crippen molar-refractivity contribution < 1.29 is 119 Å². The zero-order chi connectivity index (χ0) is 58.8. The SMILES string of the molecule is CCCCCC/C=C\CCCOc1ccc(C(=O)NC2C(OC3C(CO)OC(OC4C(CO)OC(OC5C(COS(=O)(=O)OC)OC(OC)C(NC(C)=O)C5O)C(NC(C)=O)C4O)C(NC(C)=O)C3O)OC(CO)C(O)C2O)cc1. The highest BCUT2D eigenvalue weighted by Gasteiger charge is 2.56. The van der Waals surface area contributed by atoms with E-state index < -0.39 is 183 Å². The maximum Gasteiger partial charge on any atom is 0.399 e. The lowest BCUT2D eigenvalue weighted by Crippen LogP contribution is -2.71. The fourth-order valence-corrected chi connectivity index (χ4v) is 9.96. The molecule has 4 saturated heterocycles. The Hall–Kier alpha value is -4.13. The van der Waals surface area contributed by atoms with Crippen molar-refractivity contribution in [1.29, 1.82) is 0 Å². The molecule has 29 nitrogen and oxygen atoms in total. The summed E-state index contributed by atoms with van der Waals surface area (Å²) in [5.41, 5.74) is 0.0903. The molecule has 5 rings (SSSR count). The summed E-state index contributed by atoms with van der Waals surface area (Å²) in [6, 6.07) is -0.346. The zero-order valence-corrected chi connectivity index (χ0v) is 46.2. The summed E-state index contributed by atoms with van der Waals surface area (Å²) in [7, 11) is -2.64. The van der Waals surface area contributed by atoms with Gasteiger partial charge in [-0.3, -0.25) is 23.4 Å². The van der Waals surface area contributed by atoms with Gasteiger partial charge in [-0.25, -0.2) is 4.18 Å². The van der Waals surface area contributed by atoms with Crippen LogP contribution in [-0.2, 0) is 71.0 Å². The first-order valence-corrected chi connectivity index (χ1v) is 27.7. The van der Waals surface area contributed by atoms with E-state index in [9.17, 15) is 68.4 Å². The highest BCUT2D eigenvalue weighted by Crippen LogP contribution is 2.35. The first-order chi connectivity index (χ1) is 38.1. The average molecular weight is 1170 g/mol. The minimum absolute atomic E-state index is 0.0903. The fraction of sp³-hybridized carbons (Fsp3) is 0.760. The zero-order valence-electron chi connectivity index (χ0n) is 45.4. The van der Waals surface area contributed by atoms with Crippen LogP contribution in [0, 0.1) is 0 Å². The number of allylic oxidation sites excluding steroid dienone is 2. The number of aliphatic hydroxyl groups is 8. The molecule has 1 aromatic carbocycles. The highest BCUT2D eigenvalue weighted by atomic mass is 32.3. The highest BCUT2D eigenvalue weighted by molar-refractivity contribution is 7.81. The molecule has 4 aliphatic rings. The summed E-state index contributed by atoms with van der Waals surface area (Å²) < 4.78 is 86.9. The molecular weight excluding hydrogens is 1090 g/mol. The van der Waals surface area contributed by atoms with Crippen molar-refractivity contribution in [2.24, 2.45) is 0 Å². The molecule has 0 saturated carbocycles. The van der Waals surface area contributed by atoms with E-state index in [0.717, 1.165) is 53.6 Å². The second-order valence-electron chi connectivity index (χ2n) is 19.6. The molecule has 4 fully saturated rings. The second kappa shape index (κ2) is 32.1. The van der Waals surface area contributed by atoms with E-state index in [1.54, 1.807) is 12.1 Å². The Bertz CT molecular complexity index is 2240. The number of unbranched alkanes of at least 4 members (excludes halogenated alkanes) is 5. The van der Waals surface area contributed by atoms with E-state index in [4.69, 9.17) is 46.8 Å². The minimum atomic E-state index is -4.62. The number of hydrogen-bond donors (Lipinski definition) is 12. The van der Waals surface area contributed by atoms with Gasteiger partial charge in [-0.2, -0.15) is 8.42 Å². The van der Waals surface area contributed by atoms with Crippen LogP contribution in [0.2, 0.25) is 0 Å². The van der Waals surface area contributed by atoms with Crippen LogP contribution in [0.5, 0.6) is 5.75 Å². The maximum atomic E-state index is 13.7. The van der Waals surface area contributed by atoms with Crippen molar-refractivity contribution in [2.45, 2.75) is 195 Å². The molecule has 0 radical (unpaired) electrons. The van der Waals surface area contributed by atoms with Crippen molar-refractivity contribution in [3.8, 4) is 5.75 Å². The molecule has 0 bridgehead atoms. The molecular formula is C50H80N4O25S. The number of benzene rings is 1. The van der Waals surface area contributed by atoms with E-state index in [2.05, 4.69) is 44.5 Å². The van der Waals surface area contributed by atoms with Gasteiger partial charge >= 0.3 is 10.4 Å². The van der Waals surface area contributed by atoms with Crippen molar-refractivity contribution in [3.63, 3.8) is 0 Å². The van der Waals surface area contributed by atoms with Crippen LogP contribution in [0.1, 0.15) is 83.0 Å². The number of carbonyl (C=O) groups is 4. The number of ether oxygens (including phenoxy) is 9. The molecule has 80 heavy (non-hydrogen) atoms. The van der Waals surface area contributed by atoms with Crippen LogP contribution >= 0.6 is 0 Å². The minimum Gasteiger partial charge on any atom is -0.494 e. The van der Waals surface area contributed by atoms with Gasteiger partial charge in [0.2, 0.25) is 17.7 Å². The summed E-state index contributed by atoms with van der Waals surface area (Å²) in [6.45, 7) is 2.12. The smallest absolute Gasteiger partial charge is 0.399 e. The Morgan fingerprint density at radius 3 is 1.45 bits per heavy atom. The molecule has 0 spiro atoms. The molecule has 30 heteroatoms. The number of amides is 4. The topological polar surface area (TPSA) is 414 Å². The number of rotatable bonds is 29. The van der Waals surface area contributed by atoms with Crippen LogP contribution in [0.15, 0.2) is 36.4 Å². The Morgan fingerprint density at radius 2 is 1.00 bits per heavy atom. The number of hydrogen-bond acceptors (Lipinski definition) is 25. The summed E-state index contributed by atoms with van der Waals surface area (Å²) in [4.78, 5) is 51.4. The number of aliphatic hydroxyl groups excluding tert-OH is 8. The lowest BCUT2D eigenvalue weighted by Gasteiger charge is -2.51. The van der Waals surface area contributed by atoms with Crippen molar-refractivity contribution in [1.82, 2.24) is 21.3 Å². The molecule has 4 heterocycles. The molecule has 1 aromatic rings. The van der Waals surface area contributed by atoms with Gasteiger partial charge in [0.05, 0.1) is 40.1 Å². The van der Waals surface area contributed by atoms with Gasteiger partial charge in [-0.1, -0.05) is 38.3 Å². The number of carbonyl (C=O) groups excluding carboxylic acids is 4. The van der Waals surface area contributed by atoms with Gasteiger partial charge in [0.15, 0.2) is 25.2 Å². The molecule has 4 aliphatic heterocycles. The van der Waals surface area contributed by atoms with Crippen LogP contribution in [0.3, 0.4) is 0 Å². The Kier molecular flexibility index (Phi) is 26.7. The predicted molar refractivity (Wildman–Crippen MR) is 273 cm³/mol. The van der Waals surface area contributed by atoms with Crippen LogP contribution in [0.4, 0.5) is 0 Å². The largest absolute Gasteiger partial charge is 0.494 e. The van der Waals surface area contributed by atoms with Crippen molar-refractivity contribution in [2.75, 3.05) is 47.3 Å². The first kappa shape index (κ1) is 66.7. The van der Waals surface area contributed by atoms with Gasteiger partial charge in [0.25, 0.3) is 5.91 Å². The fourth-order valence-electron chi connectivity index (χ4n) is 9.56. The molecule has 4 amide bonds. The van der Waals surface area contributed by atoms with Gasteiger partial charge in [-0.15, -0.1) is 0 Å². The molecule has 20 atom stereocenters. The normalized spacial score (nSPS) is 34.8. The van der Waals surface area contributed by atoms with Gasteiger partial charge in [-0.05, 0) is 49.9 Å². The third kappa shape index (κ3) is 18.2. The van der Waals surface area contributed by atoms with Crippen LogP contribution in [0.25, 0.3) is 0 Å². The molecule has 20 unspecified atom stereocenters. The van der Waals surface area contributed by atoms with Crippen molar-refractivity contribution in [3.05, 3.63) is 42.0 Å². The van der Waals surface area contributed by atoms with E-state index in [0.29, 0.717) is 12.4 Å². The monoisotopic (exact) mass is 1170 g/mol. The summed E-state index contributed by atoms with van der Waals surface area (Å²) >= 11 is 0. The van der Waals surface area contributed by atoms with Crippen molar-refractivity contribution >= 4 is 34.0 Å². The van der Waals surface area contributed by atoms with E-state index in [-0.39, 0.29) is 5.56 Å². The maximum absolute atomic E-state index is 13.7. The molecule has 0 aromatic heterocycles. The second-order valence-corrected chi connectivity index (χ2v) is 21.0. The van der Waals surface area contributed by atoms with Gasteiger partial charge in [0.1, 0.15) is 103 Å². The lowest BCUT2D eigenvalue weighted by atomic mass is 9.93. The van der Waals surface area contributed by atoms with Gasteiger partial charge in [0, 0.05) is 33.4 Å². The third-order valence-corrected chi connectivity index (χ3v) is 14.5. The van der Waals surface area contributed by atoms with E-state index in [1.807, 2.05) is 0 Å². The third-order valence-electron chi connectivity index (χ3n) is 13.6. The quantitative estimate of drug-likeness (QED) is 0.0272. The summed E-state index contributed by atoms with van der Waals surface area (Å²) in [5.74, 6) is -2.53. The Balaban J connectivity index is 1.34. The molecule has 456 valence electrons. The average Bonchev–Trinajstić information content (AvgIpc) is 3.44. The first-order valence-electron chi connectivity index (χ1n) is 26.4. The van der Waals surface area contributed by atoms with E-state index >= 15 is 0 Å².